The number of piperidine rings is 1. The Morgan fingerprint density at radius 3 is 2.35 bits per heavy atom. The topological polar surface area (TPSA) is 110 Å². The molecule has 2 aliphatic heterocycles. The molecule has 1 aromatic carbocycles. The Morgan fingerprint density at radius 1 is 1.13 bits per heavy atom. The maximum absolute atomic E-state index is 13.3. The number of rotatable bonds is 4. The number of carbonyl (C=O) groups is 2. The van der Waals surface area contributed by atoms with Crippen LogP contribution in [0.3, 0.4) is 0 Å². The summed E-state index contributed by atoms with van der Waals surface area (Å²) in [6.45, 7) is 0.551. The number of carboxylic acid groups (broad SMARTS) is 1. The van der Waals surface area contributed by atoms with Crippen molar-refractivity contribution in [3.63, 3.8) is 0 Å². The second kappa shape index (κ2) is 8.94. The molecule has 2 fully saturated rings. The first-order chi connectivity index (χ1) is 14.4. The van der Waals surface area contributed by atoms with Crippen molar-refractivity contribution in [2.45, 2.75) is 48.8 Å². The summed E-state index contributed by atoms with van der Waals surface area (Å²) in [6.07, 6.45) is -4.93. The van der Waals surface area contributed by atoms with Crippen LogP contribution in [0.15, 0.2) is 27.6 Å². The van der Waals surface area contributed by atoms with Crippen molar-refractivity contribution < 1.29 is 36.3 Å². The minimum Gasteiger partial charge on any atom is -0.530 e. The highest BCUT2D eigenvalue weighted by Crippen LogP contribution is 2.36. The summed E-state index contributed by atoms with van der Waals surface area (Å²) in [4.78, 5) is 25.4. The van der Waals surface area contributed by atoms with E-state index in [9.17, 15) is 36.3 Å². The Labute approximate surface area is 185 Å². The van der Waals surface area contributed by atoms with Gasteiger partial charge in [-0.3, -0.25) is 4.79 Å². The second-order valence-corrected chi connectivity index (χ2v) is 10.1. The number of halogens is 4. The zero-order valence-electron chi connectivity index (χ0n) is 16.2. The van der Waals surface area contributed by atoms with Gasteiger partial charge in [-0.2, -0.15) is 13.2 Å². The lowest BCUT2D eigenvalue weighted by Crippen LogP contribution is -2.54. The average Bonchev–Trinajstić information content (AvgIpc) is 3.17. The number of nitrogens with one attached hydrogen (secondary N) is 1. The van der Waals surface area contributed by atoms with Gasteiger partial charge in [0, 0.05) is 30.1 Å². The van der Waals surface area contributed by atoms with E-state index in [4.69, 9.17) is 0 Å². The van der Waals surface area contributed by atoms with Crippen LogP contribution >= 0.6 is 15.9 Å². The lowest BCUT2D eigenvalue weighted by Gasteiger charge is -2.36. The van der Waals surface area contributed by atoms with Crippen molar-refractivity contribution in [3.05, 3.63) is 28.2 Å². The number of carbonyl (C=O) groups excluding carboxylic acids is 2. The first-order valence-corrected chi connectivity index (χ1v) is 11.8. The van der Waals surface area contributed by atoms with Crippen LogP contribution in [0.5, 0.6) is 0 Å². The molecule has 2 aliphatic rings. The molecule has 2 amide bonds. The van der Waals surface area contributed by atoms with Crippen molar-refractivity contribution >= 4 is 38.0 Å². The molecule has 0 bridgehead atoms. The van der Waals surface area contributed by atoms with Gasteiger partial charge in [0.25, 0.3) is 0 Å². The molecule has 2 heterocycles. The van der Waals surface area contributed by atoms with E-state index in [1.807, 2.05) is 0 Å². The Morgan fingerprint density at radius 2 is 1.77 bits per heavy atom. The molecule has 172 valence electrons. The van der Waals surface area contributed by atoms with Gasteiger partial charge in [-0.25, -0.2) is 13.1 Å². The fraction of sp³-hybridized carbons (Fsp3) is 0.556. The molecular weight excluding hydrogens is 507 g/mol. The molecule has 0 aromatic heterocycles. The van der Waals surface area contributed by atoms with Crippen LogP contribution in [0.4, 0.5) is 18.0 Å². The Bertz CT molecular complexity index is 965. The van der Waals surface area contributed by atoms with Gasteiger partial charge < -0.3 is 19.7 Å². The monoisotopic (exact) mass is 526 g/mol. The predicted octanol–water partition coefficient (Wildman–Crippen LogP) is 1.54. The van der Waals surface area contributed by atoms with Crippen molar-refractivity contribution in [2.24, 2.45) is 0 Å². The number of likely N-dealkylation sites (tertiary alicyclic amines) is 2. The molecular formula is C18H20BrF3N3O5S-. The summed E-state index contributed by atoms with van der Waals surface area (Å²) < 4.78 is 67.6. The fourth-order valence-corrected chi connectivity index (χ4v) is 5.79. The summed E-state index contributed by atoms with van der Waals surface area (Å²) in [5.41, 5.74) is -1.27. The van der Waals surface area contributed by atoms with Gasteiger partial charge in [-0.1, -0.05) is 15.9 Å². The zero-order valence-corrected chi connectivity index (χ0v) is 18.6. The first-order valence-electron chi connectivity index (χ1n) is 9.55. The number of hydrogen-bond donors (Lipinski definition) is 1. The van der Waals surface area contributed by atoms with Gasteiger partial charge in [-0.15, -0.1) is 0 Å². The molecule has 0 saturated carbocycles. The Hall–Kier alpha value is -1.86. The SMILES string of the molecule is O=C([C@H]1CCCN1C(=O)[O-])N1CCC(NS(=O)(=O)c2ccc(Br)cc2C(F)(F)F)CC1. The van der Waals surface area contributed by atoms with Crippen molar-refractivity contribution in [1.82, 2.24) is 14.5 Å². The van der Waals surface area contributed by atoms with Crippen molar-refractivity contribution in [1.29, 1.82) is 0 Å². The van der Waals surface area contributed by atoms with Gasteiger partial charge in [-0.05, 0) is 43.9 Å². The fourth-order valence-electron chi connectivity index (χ4n) is 3.91. The van der Waals surface area contributed by atoms with E-state index in [1.165, 1.54) is 11.0 Å². The van der Waals surface area contributed by atoms with Crippen molar-refractivity contribution in [3.8, 4) is 0 Å². The molecule has 1 atom stereocenters. The van der Waals surface area contributed by atoms with Gasteiger partial charge >= 0.3 is 6.18 Å². The molecule has 2 saturated heterocycles. The molecule has 0 aliphatic carbocycles. The molecule has 31 heavy (non-hydrogen) atoms. The van der Waals surface area contributed by atoms with E-state index >= 15 is 0 Å². The van der Waals surface area contributed by atoms with Gasteiger partial charge in [0.2, 0.25) is 15.9 Å². The van der Waals surface area contributed by atoms with Gasteiger partial charge in [0.15, 0.2) is 0 Å². The van der Waals surface area contributed by atoms with Crippen LogP contribution in [-0.2, 0) is 21.0 Å². The summed E-state index contributed by atoms with van der Waals surface area (Å²) in [6, 6.07) is 1.36. The lowest BCUT2D eigenvalue weighted by atomic mass is 10.0. The van der Waals surface area contributed by atoms with E-state index in [0.717, 1.165) is 11.0 Å². The van der Waals surface area contributed by atoms with Crippen molar-refractivity contribution in [2.75, 3.05) is 19.6 Å². The van der Waals surface area contributed by atoms with Crippen LogP contribution in [0.25, 0.3) is 0 Å². The summed E-state index contributed by atoms with van der Waals surface area (Å²) in [7, 11) is -4.45. The molecule has 8 nitrogen and oxygen atoms in total. The second-order valence-electron chi connectivity index (χ2n) is 7.48. The number of nitrogens with zero attached hydrogens (tertiary/aromatic N) is 2. The number of alkyl halides is 3. The molecule has 0 spiro atoms. The van der Waals surface area contributed by atoms with Crippen LogP contribution in [-0.4, -0.2) is 61.9 Å². The highest BCUT2D eigenvalue weighted by Gasteiger charge is 2.39. The molecule has 13 heteroatoms. The predicted molar refractivity (Wildman–Crippen MR) is 104 cm³/mol. The third-order valence-corrected chi connectivity index (χ3v) is 7.51. The summed E-state index contributed by atoms with van der Waals surface area (Å²) in [5.74, 6) is -0.365. The highest BCUT2D eigenvalue weighted by molar-refractivity contribution is 9.10. The van der Waals surface area contributed by atoms with Gasteiger partial charge in [0.1, 0.15) is 12.1 Å². The van der Waals surface area contributed by atoms with Gasteiger partial charge in [0.05, 0.1) is 10.5 Å². The number of benzene rings is 1. The third-order valence-electron chi connectivity index (χ3n) is 5.44. The number of sulfonamides is 1. The standard InChI is InChI=1S/C18H21BrF3N3O5S/c19-11-3-4-15(13(10-11)18(20,21)22)31(29,30)23-12-5-8-24(9-6-12)16(26)14-2-1-7-25(14)17(27)28/h3-4,10,12,14,23H,1-2,5-9H2,(H,27,28)/p-1/t14-/m1/s1. The Balaban J connectivity index is 1.66. The van der Waals surface area contributed by atoms with E-state index < -0.39 is 44.8 Å². The molecule has 3 rings (SSSR count). The molecule has 1 aromatic rings. The summed E-state index contributed by atoms with van der Waals surface area (Å²) in [5, 5.41) is 11.1. The third kappa shape index (κ3) is 5.32. The molecule has 0 unspecified atom stereocenters. The smallest absolute Gasteiger partial charge is 0.417 e. The maximum atomic E-state index is 13.3. The van der Waals surface area contributed by atoms with Crippen LogP contribution in [0.2, 0.25) is 0 Å². The van der Waals surface area contributed by atoms with Crippen LogP contribution in [0.1, 0.15) is 31.2 Å². The summed E-state index contributed by atoms with van der Waals surface area (Å²) >= 11 is 2.92. The number of amides is 2. The average molecular weight is 527 g/mol. The highest BCUT2D eigenvalue weighted by atomic mass is 79.9. The number of hydrogen-bond acceptors (Lipinski definition) is 5. The minimum atomic E-state index is -4.85. The van der Waals surface area contributed by atoms with Crippen LogP contribution < -0.4 is 9.83 Å². The molecule has 1 N–H and O–H groups in total. The van der Waals surface area contributed by atoms with E-state index in [2.05, 4.69) is 20.7 Å². The molecule has 0 radical (unpaired) electrons. The lowest BCUT2D eigenvalue weighted by molar-refractivity contribution is -0.266. The normalized spacial score (nSPS) is 20.8. The zero-order chi connectivity index (χ0) is 23.0. The van der Waals surface area contributed by atoms with E-state index in [-0.39, 0.29) is 42.9 Å². The van der Waals surface area contributed by atoms with E-state index in [1.54, 1.807) is 0 Å². The minimum absolute atomic E-state index is 0.100. The first kappa shape index (κ1) is 23.8. The maximum Gasteiger partial charge on any atom is 0.417 e. The quantitative estimate of drug-likeness (QED) is 0.639. The largest absolute Gasteiger partial charge is 0.530 e. The van der Waals surface area contributed by atoms with E-state index in [0.29, 0.717) is 18.9 Å². The Kier molecular flexibility index (Phi) is 6.87. The van der Waals surface area contributed by atoms with Crippen LogP contribution in [0, 0.1) is 0 Å².